The third-order valence-electron chi connectivity index (χ3n) is 4.83. The minimum Gasteiger partial charge on any atom is -0.462 e. The van der Waals surface area contributed by atoms with Gasteiger partial charge in [0.15, 0.2) is 0 Å². The van der Waals surface area contributed by atoms with Gasteiger partial charge in [-0.3, -0.25) is 4.79 Å². The lowest BCUT2D eigenvalue weighted by atomic mass is 9.81. The molecule has 152 valence electrons. The molecule has 29 heavy (non-hydrogen) atoms. The van der Waals surface area contributed by atoms with Crippen molar-refractivity contribution >= 4 is 28.2 Å². The number of nitrogens with zero attached hydrogens (tertiary/aromatic N) is 1. The summed E-state index contributed by atoms with van der Waals surface area (Å²) in [5.41, 5.74) is 1.72. The second kappa shape index (κ2) is 7.62. The summed E-state index contributed by atoms with van der Waals surface area (Å²) in [4.78, 5) is 26.6. The predicted molar refractivity (Wildman–Crippen MR) is 113 cm³/mol. The number of carbonyl (C=O) groups is 2. The van der Waals surface area contributed by atoms with Crippen molar-refractivity contribution in [1.82, 2.24) is 5.32 Å². The number of ether oxygens (including phenoxy) is 1. The number of hydrogen-bond donors (Lipinski definition) is 2. The van der Waals surface area contributed by atoms with E-state index in [1.165, 1.54) is 11.3 Å². The number of thiophene rings is 1. The summed E-state index contributed by atoms with van der Waals surface area (Å²) < 4.78 is 5.31. The van der Waals surface area contributed by atoms with Gasteiger partial charge in [0.1, 0.15) is 5.00 Å². The molecule has 0 saturated heterocycles. The molecule has 1 aromatic heterocycles. The van der Waals surface area contributed by atoms with Crippen molar-refractivity contribution < 1.29 is 14.3 Å². The fraction of sp³-hybridized carbons (Fsp3) is 0.409. The molecular weight excluding hydrogens is 386 g/mol. The molecule has 0 radical (unpaired) electrons. The maximum atomic E-state index is 12.8. The number of nitrogens with one attached hydrogen (secondary N) is 2. The van der Waals surface area contributed by atoms with Gasteiger partial charge in [-0.25, -0.2) is 4.79 Å². The Labute approximate surface area is 174 Å². The number of nitriles is 1. The van der Waals surface area contributed by atoms with Crippen molar-refractivity contribution in [2.75, 3.05) is 11.9 Å². The monoisotopic (exact) mass is 411 g/mol. The highest BCUT2D eigenvalue weighted by Crippen LogP contribution is 2.45. The predicted octanol–water partition coefficient (Wildman–Crippen LogP) is 4.21. The number of hydrogen-bond acceptors (Lipinski definition) is 6. The van der Waals surface area contributed by atoms with E-state index in [1.54, 1.807) is 31.2 Å². The van der Waals surface area contributed by atoms with Crippen LogP contribution in [0.3, 0.4) is 0 Å². The minimum absolute atomic E-state index is 0.201. The first-order valence-corrected chi connectivity index (χ1v) is 10.3. The van der Waals surface area contributed by atoms with E-state index in [-0.39, 0.29) is 23.6 Å². The molecule has 2 aromatic rings. The van der Waals surface area contributed by atoms with Gasteiger partial charge in [-0.05, 0) is 70.9 Å². The second-order valence-corrected chi connectivity index (χ2v) is 9.31. The Kier molecular flexibility index (Phi) is 5.52. The number of rotatable bonds is 4. The van der Waals surface area contributed by atoms with Crippen LogP contribution in [0, 0.1) is 11.3 Å². The number of fused-ring (bicyclic) bond motifs is 1. The fourth-order valence-electron chi connectivity index (χ4n) is 3.91. The largest absolute Gasteiger partial charge is 0.462 e. The summed E-state index contributed by atoms with van der Waals surface area (Å²) in [5.74, 6) is -0.753. The zero-order chi connectivity index (χ0) is 21.4. The molecule has 2 heterocycles. The quantitative estimate of drug-likeness (QED) is 0.736. The van der Waals surface area contributed by atoms with Gasteiger partial charge in [-0.15, -0.1) is 11.3 Å². The number of esters is 1. The van der Waals surface area contributed by atoms with Crippen LogP contribution in [0.2, 0.25) is 0 Å². The van der Waals surface area contributed by atoms with Gasteiger partial charge >= 0.3 is 5.97 Å². The van der Waals surface area contributed by atoms with Crippen LogP contribution in [0.5, 0.6) is 0 Å². The van der Waals surface area contributed by atoms with E-state index in [9.17, 15) is 9.59 Å². The van der Waals surface area contributed by atoms with Crippen LogP contribution in [-0.4, -0.2) is 24.0 Å². The summed E-state index contributed by atoms with van der Waals surface area (Å²) in [6.07, 6.45) is 0.656. The first kappa shape index (κ1) is 21.0. The second-order valence-electron chi connectivity index (χ2n) is 8.29. The summed E-state index contributed by atoms with van der Waals surface area (Å²) in [6.45, 7) is 10.4. The van der Waals surface area contributed by atoms with Crippen LogP contribution in [0.15, 0.2) is 24.3 Å². The van der Waals surface area contributed by atoms with Gasteiger partial charge in [0.2, 0.25) is 0 Å². The minimum atomic E-state index is -0.423. The van der Waals surface area contributed by atoms with E-state index in [2.05, 4.69) is 38.3 Å². The fourth-order valence-corrected chi connectivity index (χ4v) is 5.17. The van der Waals surface area contributed by atoms with Crippen molar-refractivity contribution in [1.29, 1.82) is 5.26 Å². The summed E-state index contributed by atoms with van der Waals surface area (Å²) in [7, 11) is 0. The Morgan fingerprint density at radius 1 is 1.24 bits per heavy atom. The molecule has 1 aliphatic rings. The van der Waals surface area contributed by atoms with Gasteiger partial charge in [-0.2, -0.15) is 5.26 Å². The van der Waals surface area contributed by atoms with E-state index < -0.39 is 5.97 Å². The average molecular weight is 412 g/mol. The average Bonchev–Trinajstić information content (AvgIpc) is 2.99. The summed E-state index contributed by atoms with van der Waals surface area (Å²) >= 11 is 1.41. The lowest BCUT2D eigenvalue weighted by molar-refractivity contribution is 0.0526. The maximum absolute atomic E-state index is 12.8. The maximum Gasteiger partial charge on any atom is 0.341 e. The molecule has 0 aliphatic carbocycles. The van der Waals surface area contributed by atoms with Crippen molar-refractivity contribution in [3.63, 3.8) is 0 Å². The van der Waals surface area contributed by atoms with Gasteiger partial charge in [0.05, 0.1) is 23.8 Å². The lowest BCUT2D eigenvalue weighted by Crippen LogP contribution is -2.55. The molecule has 0 unspecified atom stereocenters. The molecule has 0 spiro atoms. The lowest BCUT2D eigenvalue weighted by Gasteiger charge is -2.42. The molecule has 6 nitrogen and oxygen atoms in total. The van der Waals surface area contributed by atoms with Gasteiger partial charge in [0.25, 0.3) is 5.91 Å². The summed E-state index contributed by atoms with van der Waals surface area (Å²) in [5, 5.41) is 15.9. The molecule has 0 atom stereocenters. The number of amides is 1. The van der Waals surface area contributed by atoms with Crippen molar-refractivity contribution in [2.24, 2.45) is 0 Å². The van der Waals surface area contributed by atoms with Crippen molar-refractivity contribution in [3.05, 3.63) is 51.4 Å². The smallest absolute Gasteiger partial charge is 0.341 e. The molecule has 1 aliphatic heterocycles. The van der Waals surface area contributed by atoms with Crippen molar-refractivity contribution in [2.45, 2.75) is 52.1 Å². The van der Waals surface area contributed by atoms with Crippen LogP contribution in [0.1, 0.15) is 71.3 Å². The van der Waals surface area contributed by atoms with E-state index in [4.69, 9.17) is 10.00 Å². The van der Waals surface area contributed by atoms with E-state index >= 15 is 0 Å². The highest BCUT2D eigenvalue weighted by Gasteiger charge is 2.42. The number of carbonyl (C=O) groups excluding carboxylic acids is 2. The first-order valence-electron chi connectivity index (χ1n) is 9.52. The summed E-state index contributed by atoms with van der Waals surface area (Å²) in [6, 6.07) is 8.41. The van der Waals surface area contributed by atoms with Crippen LogP contribution >= 0.6 is 11.3 Å². The van der Waals surface area contributed by atoms with Gasteiger partial charge < -0.3 is 15.4 Å². The highest BCUT2D eigenvalue weighted by molar-refractivity contribution is 7.17. The first-order chi connectivity index (χ1) is 13.6. The Bertz CT molecular complexity index is 998. The molecular formula is C22H25N3O3S. The van der Waals surface area contributed by atoms with Crippen LogP contribution < -0.4 is 10.6 Å². The molecule has 0 saturated carbocycles. The normalized spacial score (nSPS) is 16.4. The SMILES string of the molecule is CCOC(=O)c1c(NC(=O)c2ccc(C#N)cc2)sc2c1CC(C)(C)NC2(C)C. The molecule has 3 rings (SSSR count). The number of benzene rings is 1. The highest BCUT2D eigenvalue weighted by atomic mass is 32.1. The Morgan fingerprint density at radius 3 is 2.48 bits per heavy atom. The third-order valence-corrected chi connectivity index (χ3v) is 6.30. The van der Waals surface area contributed by atoms with E-state index in [0.717, 1.165) is 10.4 Å². The van der Waals surface area contributed by atoms with Gasteiger partial charge in [-0.1, -0.05) is 0 Å². The molecule has 1 amide bonds. The standard InChI is InChI=1S/C22H25N3O3S/c1-6-28-20(27)16-15-11-21(2,3)25-22(4,5)17(15)29-19(16)24-18(26)14-9-7-13(12-23)8-10-14/h7-10,25H,6,11H2,1-5H3,(H,24,26). The molecule has 2 N–H and O–H groups in total. The Hall–Kier alpha value is -2.69. The van der Waals surface area contributed by atoms with Gasteiger partial charge in [0, 0.05) is 21.5 Å². The van der Waals surface area contributed by atoms with E-state index in [0.29, 0.717) is 28.1 Å². The number of anilines is 1. The van der Waals surface area contributed by atoms with E-state index in [1.807, 2.05) is 6.07 Å². The Balaban J connectivity index is 2.04. The molecule has 1 aromatic carbocycles. The van der Waals surface area contributed by atoms with Crippen LogP contribution in [0.4, 0.5) is 5.00 Å². The molecule has 0 bridgehead atoms. The zero-order valence-electron chi connectivity index (χ0n) is 17.3. The Morgan fingerprint density at radius 2 is 1.90 bits per heavy atom. The zero-order valence-corrected chi connectivity index (χ0v) is 18.1. The topological polar surface area (TPSA) is 91.2 Å². The third kappa shape index (κ3) is 4.19. The van der Waals surface area contributed by atoms with Crippen LogP contribution in [-0.2, 0) is 16.7 Å². The van der Waals surface area contributed by atoms with Crippen molar-refractivity contribution in [3.8, 4) is 6.07 Å². The van der Waals surface area contributed by atoms with Crippen LogP contribution in [0.25, 0.3) is 0 Å². The molecule has 0 fully saturated rings. The molecule has 7 heteroatoms.